The predicted molar refractivity (Wildman–Crippen MR) is 142 cm³/mol. The van der Waals surface area contributed by atoms with Gasteiger partial charge in [-0.1, -0.05) is 18.2 Å². The number of fused-ring (bicyclic) bond motifs is 1. The standard InChI is InChI=1S/C28H25N5O7/c1-15-24(27(34)38-3)26(18-5-4-6-19(13-18)33(36)37)25(16(2)31-15)28(35)39-14-23-32-20-8-7-17(11-21(20)40-23)12-22-29-9-10-30-22/h4-11,13,26,31H,12,14H2,1-3H3,(H,29,30). The maximum absolute atomic E-state index is 13.5. The number of nitro groups is 1. The zero-order valence-electron chi connectivity index (χ0n) is 21.9. The first-order chi connectivity index (χ1) is 19.2. The lowest BCUT2D eigenvalue weighted by Gasteiger charge is -2.30. The van der Waals surface area contributed by atoms with Crippen molar-refractivity contribution in [1.82, 2.24) is 20.3 Å². The SMILES string of the molecule is COC(=O)C1=C(C)NC(C)=C(C(=O)OCc2nc3ccc(Cc4ncc[nH]4)cc3o2)C1c1cccc([N+](=O)[O-])c1. The van der Waals surface area contributed by atoms with Gasteiger partial charge in [0, 0.05) is 42.3 Å². The second kappa shape index (κ2) is 10.8. The summed E-state index contributed by atoms with van der Waals surface area (Å²) in [5.41, 5.74) is 3.45. The molecule has 0 spiro atoms. The van der Waals surface area contributed by atoms with Crippen LogP contribution in [0.4, 0.5) is 5.69 Å². The molecular weight excluding hydrogens is 518 g/mol. The number of nitrogens with zero attached hydrogens (tertiary/aromatic N) is 3. The van der Waals surface area contributed by atoms with E-state index in [2.05, 4.69) is 20.3 Å². The van der Waals surface area contributed by atoms with Gasteiger partial charge in [-0.2, -0.15) is 0 Å². The minimum Gasteiger partial charge on any atom is -0.466 e. The molecule has 1 aliphatic heterocycles. The quantitative estimate of drug-likeness (QED) is 0.187. The number of imidazole rings is 1. The Morgan fingerprint density at radius 1 is 1.10 bits per heavy atom. The van der Waals surface area contributed by atoms with E-state index in [1.165, 1.54) is 25.3 Å². The number of carbonyl (C=O) groups excluding carboxylic acids is 2. The molecule has 0 amide bonds. The summed E-state index contributed by atoms with van der Waals surface area (Å²) in [6.07, 6.45) is 4.02. The van der Waals surface area contributed by atoms with E-state index in [9.17, 15) is 19.7 Å². The molecule has 0 aliphatic carbocycles. The number of aromatic nitrogens is 3. The van der Waals surface area contributed by atoms with Crippen molar-refractivity contribution in [3.8, 4) is 0 Å². The van der Waals surface area contributed by atoms with Crippen LogP contribution in [-0.4, -0.2) is 38.9 Å². The van der Waals surface area contributed by atoms with Gasteiger partial charge in [0.15, 0.2) is 12.2 Å². The molecule has 2 aromatic heterocycles. The lowest BCUT2D eigenvalue weighted by atomic mass is 9.80. The number of hydrogen-bond acceptors (Lipinski definition) is 10. The van der Waals surface area contributed by atoms with Gasteiger partial charge in [0.2, 0.25) is 5.89 Å². The minimum absolute atomic E-state index is 0.114. The summed E-state index contributed by atoms with van der Waals surface area (Å²) in [4.78, 5) is 48.9. The number of dihydropyridines is 1. The fourth-order valence-electron chi connectivity index (χ4n) is 4.78. The van der Waals surface area contributed by atoms with Crippen LogP contribution in [0.25, 0.3) is 11.1 Å². The van der Waals surface area contributed by atoms with Crippen LogP contribution < -0.4 is 5.32 Å². The predicted octanol–water partition coefficient (Wildman–Crippen LogP) is 4.20. The maximum Gasteiger partial charge on any atom is 0.337 e. The number of nitro benzene ring substituents is 1. The number of benzene rings is 2. The van der Waals surface area contributed by atoms with Crippen molar-refractivity contribution < 1.29 is 28.4 Å². The molecule has 4 aromatic rings. The van der Waals surface area contributed by atoms with Crippen LogP contribution in [0.3, 0.4) is 0 Å². The topological polar surface area (TPSA) is 162 Å². The largest absolute Gasteiger partial charge is 0.466 e. The molecule has 3 heterocycles. The number of oxazole rings is 1. The van der Waals surface area contributed by atoms with Crippen LogP contribution >= 0.6 is 0 Å². The lowest BCUT2D eigenvalue weighted by molar-refractivity contribution is -0.384. The summed E-state index contributed by atoms with van der Waals surface area (Å²) in [6.45, 7) is 3.06. The Balaban J connectivity index is 1.41. The summed E-state index contributed by atoms with van der Waals surface area (Å²) >= 11 is 0. The van der Waals surface area contributed by atoms with Gasteiger partial charge in [-0.05, 0) is 37.1 Å². The zero-order chi connectivity index (χ0) is 28.4. The molecule has 1 aliphatic rings. The van der Waals surface area contributed by atoms with Gasteiger partial charge in [0.25, 0.3) is 5.69 Å². The van der Waals surface area contributed by atoms with Gasteiger partial charge in [-0.15, -0.1) is 0 Å². The van der Waals surface area contributed by atoms with Crippen molar-refractivity contribution in [1.29, 1.82) is 0 Å². The van der Waals surface area contributed by atoms with Crippen molar-refractivity contribution in [3.05, 3.63) is 110 Å². The lowest BCUT2D eigenvalue weighted by Crippen LogP contribution is -2.32. The second-order valence-corrected chi connectivity index (χ2v) is 9.18. The molecule has 5 rings (SSSR count). The molecule has 0 saturated carbocycles. The van der Waals surface area contributed by atoms with Crippen LogP contribution in [0.5, 0.6) is 0 Å². The molecule has 2 N–H and O–H groups in total. The average Bonchev–Trinajstić information content (AvgIpc) is 3.60. The highest BCUT2D eigenvalue weighted by molar-refractivity contribution is 5.99. The van der Waals surface area contributed by atoms with Crippen LogP contribution in [-0.2, 0) is 32.1 Å². The summed E-state index contributed by atoms with van der Waals surface area (Å²) in [5.74, 6) is -1.38. The van der Waals surface area contributed by atoms with E-state index in [0.29, 0.717) is 34.5 Å². The summed E-state index contributed by atoms with van der Waals surface area (Å²) in [5, 5.41) is 14.5. The van der Waals surface area contributed by atoms with E-state index >= 15 is 0 Å². The molecule has 0 radical (unpaired) electrons. The number of hydrogen-bond donors (Lipinski definition) is 2. The summed E-state index contributed by atoms with van der Waals surface area (Å²) in [6, 6.07) is 11.3. The Morgan fingerprint density at radius 2 is 1.88 bits per heavy atom. The third-order valence-corrected chi connectivity index (χ3v) is 6.55. The van der Waals surface area contributed by atoms with Crippen molar-refractivity contribution >= 4 is 28.7 Å². The molecule has 204 valence electrons. The molecule has 12 nitrogen and oxygen atoms in total. The van der Waals surface area contributed by atoms with Gasteiger partial charge < -0.3 is 24.2 Å². The fraction of sp³-hybridized carbons (Fsp3) is 0.214. The first-order valence-electron chi connectivity index (χ1n) is 12.3. The number of aromatic amines is 1. The van der Waals surface area contributed by atoms with Gasteiger partial charge >= 0.3 is 11.9 Å². The van der Waals surface area contributed by atoms with Gasteiger partial charge in [0.1, 0.15) is 11.3 Å². The van der Waals surface area contributed by atoms with Crippen LogP contribution in [0.1, 0.15) is 42.6 Å². The minimum atomic E-state index is -0.964. The van der Waals surface area contributed by atoms with Crippen LogP contribution in [0.2, 0.25) is 0 Å². The third kappa shape index (κ3) is 5.19. The highest BCUT2D eigenvalue weighted by atomic mass is 16.6. The van der Waals surface area contributed by atoms with E-state index in [1.807, 2.05) is 18.2 Å². The van der Waals surface area contributed by atoms with E-state index in [1.54, 1.807) is 32.3 Å². The second-order valence-electron chi connectivity index (χ2n) is 9.18. The molecular formula is C28H25N5O7. The summed E-state index contributed by atoms with van der Waals surface area (Å²) < 4.78 is 16.4. The number of rotatable bonds is 8. The number of methoxy groups -OCH3 is 1. The highest BCUT2D eigenvalue weighted by Gasteiger charge is 2.38. The normalized spacial score (nSPS) is 15.2. The number of allylic oxidation sites excluding steroid dienone is 2. The molecule has 0 saturated heterocycles. The van der Waals surface area contributed by atoms with E-state index < -0.39 is 22.8 Å². The first-order valence-corrected chi connectivity index (χ1v) is 12.3. The molecule has 1 atom stereocenters. The Hall–Kier alpha value is -5.26. The molecule has 40 heavy (non-hydrogen) atoms. The highest BCUT2D eigenvalue weighted by Crippen LogP contribution is 2.40. The Kier molecular flexibility index (Phi) is 7.15. The number of ether oxygens (including phenoxy) is 2. The van der Waals surface area contributed by atoms with Gasteiger partial charge in [-0.25, -0.2) is 19.6 Å². The number of esters is 2. The van der Waals surface area contributed by atoms with Crippen molar-refractivity contribution in [2.24, 2.45) is 0 Å². The van der Waals surface area contributed by atoms with Crippen molar-refractivity contribution in [3.63, 3.8) is 0 Å². The number of carbonyl (C=O) groups is 2. The van der Waals surface area contributed by atoms with Gasteiger partial charge in [0.05, 0.1) is 29.1 Å². The van der Waals surface area contributed by atoms with Crippen LogP contribution in [0.15, 0.2) is 81.8 Å². The third-order valence-electron chi connectivity index (χ3n) is 6.55. The molecule has 2 aromatic carbocycles. The number of H-pyrrole nitrogens is 1. The van der Waals surface area contributed by atoms with E-state index in [0.717, 1.165) is 11.4 Å². The van der Waals surface area contributed by atoms with E-state index in [4.69, 9.17) is 13.9 Å². The Labute approximate surface area is 227 Å². The van der Waals surface area contributed by atoms with E-state index in [-0.39, 0.29) is 29.3 Å². The number of nitrogens with one attached hydrogen (secondary N) is 2. The monoisotopic (exact) mass is 543 g/mol. The Morgan fingerprint density at radius 3 is 2.58 bits per heavy atom. The summed E-state index contributed by atoms with van der Waals surface area (Å²) in [7, 11) is 1.23. The fourth-order valence-corrected chi connectivity index (χ4v) is 4.78. The van der Waals surface area contributed by atoms with Gasteiger partial charge in [-0.3, -0.25) is 10.1 Å². The molecule has 0 bridgehead atoms. The smallest absolute Gasteiger partial charge is 0.337 e. The first kappa shape index (κ1) is 26.4. The van der Waals surface area contributed by atoms with Crippen molar-refractivity contribution in [2.75, 3.05) is 7.11 Å². The maximum atomic E-state index is 13.5. The molecule has 0 fully saturated rings. The average molecular weight is 544 g/mol. The molecule has 12 heteroatoms. The molecule has 1 unspecified atom stereocenters. The Bertz CT molecular complexity index is 1680. The van der Waals surface area contributed by atoms with Crippen molar-refractivity contribution in [2.45, 2.75) is 32.8 Å². The number of non-ortho nitro benzene ring substituents is 1. The van der Waals surface area contributed by atoms with Crippen LogP contribution in [0, 0.1) is 10.1 Å². The zero-order valence-corrected chi connectivity index (χ0v) is 21.9.